The fraction of sp³-hybridized carbons (Fsp3) is 0.368. The van der Waals surface area contributed by atoms with Crippen molar-refractivity contribution in [1.82, 2.24) is 4.31 Å². The van der Waals surface area contributed by atoms with Crippen LogP contribution in [0.15, 0.2) is 53.4 Å². The van der Waals surface area contributed by atoms with Gasteiger partial charge in [-0.3, -0.25) is 0 Å². The van der Waals surface area contributed by atoms with Gasteiger partial charge in [0.25, 0.3) is 0 Å². The highest BCUT2D eigenvalue weighted by Crippen LogP contribution is 2.27. The second-order valence-corrected chi connectivity index (χ2v) is 8.36. The Morgan fingerprint density at radius 1 is 1.00 bits per heavy atom. The third-order valence-corrected chi connectivity index (χ3v) is 6.01. The first-order valence-corrected chi connectivity index (χ1v) is 9.79. The molecule has 1 aliphatic rings. The number of nitrogens with zero attached hydrogens (tertiary/aromatic N) is 1. The van der Waals surface area contributed by atoms with Crippen molar-refractivity contribution in [3.8, 4) is 11.5 Å². The van der Waals surface area contributed by atoms with Gasteiger partial charge in [-0.25, -0.2) is 8.42 Å². The number of morpholine rings is 1. The first kappa shape index (κ1) is 17.9. The van der Waals surface area contributed by atoms with Gasteiger partial charge < -0.3 is 9.47 Å². The monoisotopic (exact) mass is 361 g/mol. The highest BCUT2D eigenvalue weighted by molar-refractivity contribution is 7.89. The summed E-state index contributed by atoms with van der Waals surface area (Å²) in [5, 5.41) is 0. The maximum Gasteiger partial charge on any atom is 0.243 e. The number of hydrogen-bond acceptors (Lipinski definition) is 4. The van der Waals surface area contributed by atoms with Crippen molar-refractivity contribution in [1.29, 1.82) is 0 Å². The average Bonchev–Trinajstić information content (AvgIpc) is 2.56. The highest BCUT2D eigenvalue weighted by atomic mass is 32.2. The Kier molecular flexibility index (Phi) is 5.13. The topological polar surface area (TPSA) is 55.8 Å². The van der Waals surface area contributed by atoms with E-state index in [4.69, 9.17) is 9.47 Å². The standard InChI is InChI=1S/C19H23NO4S/c1-14-6-4-5-7-19(14)24-17-8-10-18(11-9-17)25(21,22)20-12-15(2)23-16(3)13-20/h4-11,15-16H,12-13H2,1-3H3/t15-,16-/m1/s1. The predicted octanol–water partition coefficient (Wildman–Crippen LogP) is 3.59. The summed E-state index contributed by atoms with van der Waals surface area (Å²) in [4.78, 5) is 0.269. The fourth-order valence-corrected chi connectivity index (χ4v) is 4.54. The lowest BCUT2D eigenvalue weighted by atomic mass is 10.2. The Balaban J connectivity index is 1.78. The molecule has 0 bridgehead atoms. The summed E-state index contributed by atoms with van der Waals surface area (Å²) in [6.07, 6.45) is -0.218. The van der Waals surface area contributed by atoms with Crippen LogP contribution in [0.5, 0.6) is 11.5 Å². The molecule has 3 rings (SSSR count). The molecule has 25 heavy (non-hydrogen) atoms. The first-order chi connectivity index (χ1) is 11.9. The Bertz CT molecular complexity index is 823. The molecule has 0 saturated carbocycles. The number of ether oxygens (including phenoxy) is 2. The molecule has 134 valence electrons. The van der Waals surface area contributed by atoms with E-state index in [0.717, 1.165) is 11.3 Å². The molecule has 0 radical (unpaired) electrons. The molecule has 1 fully saturated rings. The van der Waals surface area contributed by atoms with Gasteiger partial charge in [-0.15, -0.1) is 0 Å². The Hall–Kier alpha value is -1.89. The molecule has 0 amide bonds. The van der Waals surface area contributed by atoms with Crippen LogP contribution in [-0.2, 0) is 14.8 Å². The minimum absolute atomic E-state index is 0.109. The first-order valence-electron chi connectivity index (χ1n) is 8.35. The van der Waals surface area contributed by atoms with E-state index in [-0.39, 0.29) is 17.1 Å². The van der Waals surface area contributed by atoms with Gasteiger partial charge in [0.15, 0.2) is 0 Å². The quantitative estimate of drug-likeness (QED) is 0.835. The van der Waals surface area contributed by atoms with Crippen molar-refractivity contribution < 1.29 is 17.9 Å². The van der Waals surface area contributed by atoms with Crippen molar-refractivity contribution in [2.24, 2.45) is 0 Å². The second kappa shape index (κ2) is 7.15. The summed E-state index contributed by atoms with van der Waals surface area (Å²) in [5.41, 5.74) is 1.02. The van der Waals surface area contributed by atoms with Crippen LogP contribution >= 0.6 is 0 Å². The molecule has 1 aliphatic heterocycles. The normalized spacial score (nSPS) is 21.9. The number of aryl methyl sites for hydroxylation is 1. The van der Waals surface area contributed by atoms with Gasteiger partial charge in [0, 0.05) is 13.1 Å². The van der Waals surface area contributed by atoms with Crippen LogP contribution in [0, 0.1) is 6.92 Å². The molecule has 2 aromatic rings. The van der Waals surface area contributed by atoms with Crippen LogP contribution in [-0.4, -0.2) is 38.0 Å². The predicted molar refractivity (Wildman–Crippen MR) is 96.5 cm³/mol. The lowest BCUT2D eigenvalue weighted by Gasteiger charge is -2.34. The summed E-state index contributed by atoms with van der Waals surface area (Å²) in [6, 6.07) is 14.3. The van der Waals surface area contributed by atoms with Crippen molar-refractivity contribution in [2.45, 2.75) is 37.9 Å². The Morgan fingerprint density at radius 2 is 1.60 bits per heavy atom. The van der Waals surface area contributed by atoms with E-state index in [1.54, 1.807) is 24.3 Å². The van der Waals surface area contributed by atoms with Gasteiger partial charge in [-0.05, 0) is 56.7 Å². The number of sulfonamides is 1. The number of rotatable bonds is 4. The van der Waals surface area contributed by atoms with Gasteiger partial charge >= 0.3 is 0 Å². The highest BCUT2D eigenvalue weighted by Gasteiger charge is 2.32. The van der Waals surface area contributed by atoms with E-state index in [1.807, 2.05) is 45.0 Å². The zero-order valence-corrected chi connectivity index (χ0v) is 15.5. The smallest absolute Gasteiger partial charge is 0.243 e. The van der Waals surface area contributed by atoms with E-state index in [2.05, 4.69) is 0 Å². The van der Waals surface area contributed by atoms with Crippen LogP contribution < -0.4 is 4.74 Å². The zero-order chi connectivity index (χ0) is 18.0. The largest absolute Gasteiger partial charge is 0.457 e. The summed E-state index contributed by atoms with van der Waals surface area (Å²) in [7, 11) is -3.53. The maximum atomic E-state index is 12.8. The molecule has 0 N–H and O–H groups in total. The number of para-hydroxylation sites is 1. The molecule has 5 nitrogen and oxygen atoms in total. The summed E-state index contributed by atoms with van der Waals surface area (Å²) in [5.74, 6) is 1.37. The third-order valence-electron chi connectivity index (χ3n) is 4.17. The molecule has 1 heterocycles. The molecule has 2 aromatic carbocycles. The van der Waals surface area contributed by atoms with Crippen molar-refractivity contribution in [3.63, 3.8) is 0 Å². The molecule has 6 heteroatoms. The van der Waals surface area contributed by atoms with Gasteiger partial charge in [0.2, 0.25) is 10.0 Å². The van der Waals surface area contributed by atoms with Gasteiger partial charge in [-0.1, -0.05) is 18.2 Å². The van der Waals surface area contributed by atoms with E-state index in [9.17, 15) is 8.42 Å². The van der Waals surface area contributed by atoms with E-state index < -0.39 is 10.0 Å². The van der Waals surface area contributed by atoms with Crippen LogP contribution in [0.3, 0.4) is 0 Å². The van der Waals surface area contributed by atoms with E-state index in [1.165, 1.54) is 4.31 Å². The summed E-state index contributed by atoms with van der Waals surface area (Å²) >= 11 is 0. The van der Waals surface area contributed by atoms with Crippen molar-refractivity contribution >= 4 is 10.0 Å². The molecule has 1 saturated heterocycles. The lowest BCUT2D eigenvalue weighted by Crippen LogP contribution is -2.48. The van der Waals surface area contributed by atoms with Gasteiger partial charge in [0.1, 0.15) is 11.5 Å². The van der Waals surface area contributed by atoms with Gasteiger partial charge in [0.05, 0.1) is 17.1 Å². The van der Waals surface area contributed by atoms with Crippen LogP contribution in [0.25, 0.3) is 0 Å². The average molecular weight is 361 g/mol. The minimum atomic E-state index is -3.53. The van der Waals surface area contributed by atoms with Crippen molar-refractivity contribution in [3.05, 3.63) is 54.1 Å². The second-order valence-electron chi connectivity index (χ2n) is 6.42. The molecule has 0 aromatic heterocycles. The molecule has 0 unspecified atom stereocenters. The zero-order valence-electron chi connectivity index (χ0n) is 14.7. The molecule has 0 spiro atoms. The van der Waals surface area contributed by atoms with E-state index in [0.29, 0.717) is 18.8 Å². The Morgan fingerprint density at radius 3 is 2.20 bits per heavy atom. The minimum Gasteiger partial charge on any atom is -0.457 e. The lowest BCUT2D eigenvalue weighted by molar-refractivity contribution is -0.0440. The van der Waals surface area contributed by atoms with Crippen LogP contribution in [0.4, 0.5) is 0 Å². The van der Waals surface area contributed by atoms with Gasteiger partial charge in [-0.2, -0.15) is 4.31 Å². The Labute approximate surface area is 149 Å². The third kappa shape index (κ3) is 4.03. The van der Waals surface area contributed by atoms with Crippen LogP contribution in [0.2, 0.25) is 0 Å². The summed E-state index contributed by atoms with van der Waals surface area (Å²) < 4.78 is 38.6. The fourth-order valence-electron chi connectivity index (χ4n) is 2.95. The number of benzene rings is 2. The molecular formula is C19H23NO4S. The maximum absolute atomic E-state index is 12.8. The summed E-state index contributed by atoms with van der Waals surface area (Å²) in [6.45, 7) is 6.48. The molecular weight excluding hydrogens is 338 g/mol. The van der Waals surface area contributed by atoms with Crippen LogP contribution in [0.1, 0.15) is 19.4 Å². The van der Waals surface area contributed by atoms with E-state index >= 15 is 0 Å². The van der Waals surface area contributed by atoms with Crippen molar-refractivity contribution in [2.75, 3.05) is 13.1 Å². The molecule has 0 aliphatic carbocycles. The SMILES string of the molecule is Cc1ccccc1Oc1ccc(S(=O)(=O)N2C[C@@H](C)O[C@H](C)C2)cc1. The molecule has 2 atom stereocenters. The number of hydrogen-bond donors (Lipinski definition) is 0.